The average Bonchev–Trinajstić information content (AvgIpc) is 3.46. The van der Waals surface area contributed by atoms with Gasteiger partial charge in [-0.05, 0) is 78.7 Å². The van der Waals surface area contributed by atoms with Crippen LogP contribution in [0.25, 0.3) is 0 Å². The SMILES string of the molecule is CC[C@H]1OC(=O)[C@H](C)[C@H]2C[C@@H](OC3O[C@H](C)C[C@H](N(C)C)[C@H]3O)[C@](C)(C[C@@H](C)C(=O)[C@H](C)C3N=C(N)OC31C)OC/C(=N/OCc1ccc(N)cc1)CO2. The average molecular weight is 760 g/mol. The molecule has 3 unspecified atom stereocenters. The smallest absolute Gasteiger partial charge is 0.311 e. The predicted octanol–water partition coefficient (Wildman–Crippen LogP) is 3.19. The van der Waals surface area contributed by atoms with Crippen LogP contribution in [0.4, 0.5) is 5.69 Å². The highest BCUT2D eigenvalue weighted by Gasteiger charge is 2.55. The summed E-state index contributed by atoms with van der Waals surface area (Å²) in [5.74, 6) is -2.64. The van der Waals surface area contributed by atoms with E-state index in [0.717, 1.165) is 5.56 Å². The van der Waals surface area contributed by atoms with Crippen LogP contribution in [0.3, 0.4) is 0 Å². The maximum Gasteiger partial charge on any atom is 0.311 e. The van der Waals surface area contributed by atoms with Crippen molar-refractivity contribution in [2.45, 2.75) is 141 Å². The summed E-state index contributed by atoms with van der Waals surface area (Å²) < 4.78 is 38.6. The molecule has 0 radical (unpaired) electrons. The number of ether oxygens (including phenoxy) is 6. The zero-order valence-corrected chi connectivity index (χ0v) is 33.2. The second-order valence-electron chi connectivity index (χ2n) is 16.2. The van der Waals surface area contributed by atoms with E-state index in [-0.39, 0.29) is 56.6 Å². The number of hydrogen-bond acceptors (Lipinski definition) is 15. The van der Waals surface area contributed by atoms with E-state index in [9.17, 15) is 14.7 Å². The molecular formula is C39H61N5O10. The number of likely N-dealkylation sites (N-methyl/N-ethyl adjacent to an activating group) is 1. The Hall–Kier alpha value is -3.34. The van der Waals surface area contributed by atoms with Gasteiger partial charge in [-0.3, -0.25) is 9.59 Å². The van der Waals surface area contributed by atoms with Crippen molar-refractivity contribution >= 4 is 29.2 Å². The summed E-state index contributed by atoms with van der Waals surface area (Å²) in [6, 6.07) is 6.28. The normalized spacial score (nSPS) is 40.5. The van der Waals surface area contributed by atoms with Crippen molar-refractivity contribution in [3.63, 3.8) is 0 Å². The van der Waals surface area contributed by atoms with E-state index in [2.05, 4.69) is 10.1 Å². The third-order valence-corrected chi connectivity index (χ3v) is 11.6. The number of amidine groups is 1. The molecule has 4 aliphatic heterocycles. The minimum atomic E-state index is -1.19. The van der Waals surface area contributed by atoms with Gasteiger partial charge in [-0.15, -0.1) is 0 Å². The Balaban J connectivity index is 1.56. The molecule has 0 aliphatic carbocycles. The largest absolute Gasteiger partial charge is 0.458 e. The summed E-state index contributed by atoms with van der Waals surface area (Å²) in [6.45, 7) is 13.0. The van der Waals surface area contributed by atoms with Crippen LogP contribution >= 0.6 is 0 Å². The van der Waals surface area contributed by atoms with Crippen molar-refractivity contribution in [3.05, 3.63) is 29.8 Å². The first-order valence-electron chi connectivity index (χ1n) is 19.1. The number of ketones is 1. The Kier molecular flexibility index (Phi) is 13.3. The van der Waals surface area contributed by atoms with Gasteiger partial charge in [0.05, 0.1) is 43.0 Å². The van der Waals surface area contributed by atoms with Crippen molar-refractivity contribution in [2.24, 2.45) is 33.6 Å². The van der Waals surface area contributed by atoms with Gasteiger partial charge in [0.1, 0.15) is 36.4 Å². The number of fused-ring (bicyclic) bond motifs is 4. The zero-order valence-electron chi connectivity index (χ0n) is 33.2. The van der Waals surface area contributed by atoms with Gasteiger partial charge in [0, 0.05) is 30.0 Å². The van der Waals surface area contributed by atoms with Crippen LogP contribution in [0.1, 0.15) is 79.7 Å². The molecule has 13 atom stereocenters. The number of Topliss-reactive ketones (excluding diaryl/α,β-unsaturated/α-hetero) is 1. The number of benzene rings is 1. The molecule has 1 aromatic carbocycles. The number of nitrogens with zero attached hydrogens (tertiary/aromatic N) is 3. The second-order valence-corrected chi connectivity index (χ2v) is 16.2. The topological polar surface area (TPSA) is 199 Å². The fourth-order valence-corrected chi connectivity index (χ4v) is 8.29. The van der Waals surface area contributed by atoms with E-state index < -0.39 is 71.7 Å². The number of nitrogen functional groups attached to an aromatic ring is 1. The highest BCUT2D eigenvalue weighted by Crippen LogP contribution is 2.41. The number of carbonyl (C=O) groups is 2. The van der Waals surface area contributed by atoms with Crippen LogP contribution in [0, 0.1) is 17.8 Å². The van der Waals surface area contributed by atoms with Gasteiger partial charge in [-0.25, -0.2) is 4.99 Å². The number of anilines is 1. The quantitative estimate of drug-likeness (QED) is 0.208. The van der Waals surface area contributed by atoms with E-state index in [0.29, 0.717) is 24.2 Å². The molecule has 0 amide bonds. The number of hydrogen-bond donors (Lipinski definition) is 3. The number of aliphatic imine (C=N–C) groups is 1. The van der Waals surface area contributed by atoms with Gasteiger partial charge in [0.2, 0.25) is 0 Å². The lowest BCUT2D eigenvalue weighted by molar-refractivity contribution is -0.294. The summed E-state index contributed by atoms with van der Waals surface area (Å²) in [5.41, 5.74) is 11.5. The number of cyclic esters (lactones) is 1. The highest BCUT2D eigenvalue weighted by molar-refractivity contribution is 5.87. The van der Waals surface area contributed by atoms with Crippen LogP contribution < -0.4 is 11.5 Å². The number of rotatable bonds is 7. The molecule has 302 valence electrons. The summed E-state index contributed by atoms with van der Waals surface area (Å²) in [7, 11) is 3.81. The standard InChI is InChI=1S/C39H61N5O10/c1-10-30-39(7)34(42-37(41)54-39)24(5)32(45)21(2)17-38(6)31(53-36-33(46)28(44(8)9)15-22(3)51-36)16-29(23(4)35(47)52-30)48-19-27(20-49-38)43-50-18-25-11-13-26(40)14-12-25/h11-14,21-24,28-31,33-34,36,46H,10,15-20,40H2,1-9H3,(H2,41,42)/b43-27+/t21-,22-,23-,24+,28+,29-,30-,31-,33-,34?,36?,38+,39?/m1/s1. The van der Waals surface area contributed by atoms with Crippen LogP contribution in [0.15, 0.2) is 34.4 Å². The Morgan fingerprint density at radius 2 is 1.74 bits per heavy atom. The van der Waals surface area contributed by atoms with Crippen LogP contribution in [-0.4, -0.2) is 121 Å². The molecule has 54 heavy (non-hydrogen) atoms. The van der Waals surface area contributed by atoms with Gasteiger partial charge in [0.25, 0.3) is 6.02 Å². The summed E-state index contributed by atoms with van der Waals surface area (Å²) in [4.78, 5) is 40.8. The molecular weight excluding hydrogens is 698 g/mol. The molecule has 0 saturated carbocycles. The zero-order chi connectivity index (χ0) is 39.5. The molecule has 4 heterocycles. The minimum Gasteiger partial charge on any atom is -0.458 e. The van der Waals surface area contributed by atoms with Gasteiger partial charge in [-0.2, -0.15) is 0 Å². The van der Waals surface area contributed by atoms with Crippen molar-refractivity contribution in [1.82, 2.24) is 4.90 Å². The van der Waals surface area contributed by atoms with Crippen LogP contribution in [0.5, 0.6) is 0 Å². The van der Waals surface area contributed by atoms with Gasteiger partial charge in [-0.1, -0.05) is 38.1 Å². The Morgan fingerprint density at radius 3 is 2.41 bits per heavy atom. The van der Waals surface area contributed by atoms with Gasteiger partial charge < -0.3 is 54.7 Å². The summed E-state index contributed by atoms with van der Waals surface area (Å²) in [6.07, 6.45) is -3.29. The molecule has 5 rings (SSSR count). The molecule has 0 spiro atoms. The van der Waals surface area contributed by atoms with Gasteiger partial charge in [0.15, 0.2) is 11.9 Å². The first kappa shape index (κ1) is 41.8. The second kappa shape index (κ2) is 17.2. The van der Waals surface area contributed by atoms with E-state index in [1.54, 1.807) is 32.9 Å². The lowest BCUT2D eigenvalue weighted by atomic mass is 9.75. The Bertz CT molecular complexity index is 1530. The number of esters is 1. The predicted molar refractivity (Wildman–Crippen MR) is 201 cm³/mol. The van der Waals surface area contributed by atoms with E-state index >= 15 is 0 Å². The number of nitrogens with two attached hydrogens (primary N) is 2. The van der Waals surface area contributed by atoms with E-state index in [1.165, 1.54) is 0 Å². The third kappa shape index (κ3) is 9.19. The Labute approximate surface area is 319 Å². The van der Waals surface area contributed by atoms with E-state index in [4.69, 9.17) is 44.7 Å². The van der Waals surface area contributed by atoms with Crippen molar-refractivity contribution < 1.29 is 48.0 Å². The van der Waals surface area contributed by atoms with Crippen LogP contribution in [0.2, 0.25) is 0 Å². The number of aliphatic hydroxyl groups is 1. The summed E-state index contributed by atoms with van der Waals surface area (Å²) >= 11 is 0. The third-order valence-electron chi connectivity index (χ3n) is 11.6. The molecule has 1 aromatic rings. The van der Waals surface area contributed by atoms with E-state index in [1.807, 2.05) is 58.8 Å². The fraction of sp³-hybridized carbons (Fsp3) is 0.744. The minimum absolute atomic E-state index is 0.0227. The van der Waals surface area contributed by atoms with Gasteiger partial charge >= 0.3 is 5.97 Å². The first-order chi connectivity index (χ1) is 25.4. The Morgan fingerprint density at radius 1 is 1.04 bits per heavy atom. The molecule has 15 nitrogen and oxygen atoms in total. The molecule has 4 aliphatic rings. The molecule has 0 aromatic heterocycles. The monoisotopic (exact) mass is 759 g/mol. The molecule has 5 N–H and O–H groups in total. The molecule has 2 bridgehead atoms. The number of aliphatic hydroxyl groups excluding tert-OH is 1. The molecule has 3 fully saturated rings. The van der Waals surface area contributed by atoms with Crippen LogP contribution in [-0.2, 0) is 49.5 Å². The lowest BCUT2D eigenvalue weighted by Gasteiger charge is -2.46. The molecule has 3 saturated heterocycles. The fourth-order valence-electron chi connectivity index (χ4n) is 8.29. The number of oxime groups is 1. The first-order valence-corrected chi connectivity index (χ1v) is 19.1. The van der Waals surface area contributed by atoms with Crippen molar-refractivity contribution in [3.8, 4) is 0 Å². The lowest BCUT2D eigenvalue weighted by Crippen LogP contribution is -2.58. The summed E-state index contributed by atoms with van der Waals surface area (Å²) in [5, 5.41) is 16.0. The highest BCUT2D eigenvalue weighted by atomic mass is 16.7. The number of carbonyl (C=O) groups excluding carboxylic acids is 2. The van der Waals surface area contributed by atoms with Crippen molar-refractivity contribution in [2.75, 3.05) is 33.0 Å². The van der Waals surface area contributed by atoms with Crippen molar-refractivity contribution in [1.29, 1.82) is 0 Å². The maximum absolute atomic E-state index is 14.4. The maximum atomic E-state index is 14.4. The molecule has 15 heteroatoms.